The van der Waals surface area contributed by atoms with Crippen molar-refractivity contribution >= 4 is 23.3 Å². The molecule has 7 heteroatoms. The second-order valence-electron chi connectivity index (χ2n) is 6.26. The van der Waals surface area contributed by atoms with E-state index < -0.39 is 5.97 Å². The van der Waals surface area contributed by atoms with E-state index in [0.717, 1.165) is 30.7 Å². The fourth-order valence-corrected chi connectivity index (χ4v) is 3.75. The maximum atomic E-state index is 12.6. The average molecular weight is 337 g/mol. The summed E-state index contributed by atoms with van der Waals surface area (Å²) in [7, 11) is 1.34. The summed E-state index contributed by atoms with van der Waals surface area (Å²) in [6, 6.07) is 0.623. The normalized spacial score (nSPS) is 18.5. The van der Waals surface area contributed by atoms with Gasteiger partial charge >= 0.3 is 12.0 Å². The number of nitrogens with one attached hydrogen (secondary N) is 1. The molecule has 2 saturated carbocycles. The first-order chi connectivity index (χ1) is 11.2. The standard InChI is InChI=1S/C16H23N3O3S/c1-22-15(20)13-10-23-14(18-13)9-19(12-7-8-12)16(21)17-11-5-3-2-4-6-11/h10-12H,2-9H2,1H3,(H,17,21). The van der Waals surface area contributed by atoms with Crippen LogP contribution in [0.2, 0.25) is 0 Å². The molecule has 2 amide bonds. The molecule has 0 saturated heterocycles. The molecule has 0 aromatic carbocycles. The molecule has 1 aromatic rings. The highest BCUT2D eigenvalue weighted by Crippen LogP contribution is 2.29. The van der Waals surface area contributed by atoms with Crippen LogP contribution in [0.15, 0.2) is 5.38 Å². The van der Waals surface area contributed by atoms with E-state index in [4.69, 9.17) is 0 Å². The minimum absolute atomic E-state index is 0.00854. The van der Waals surface area contributed by atoms with Crippen molar-refractivity contribution < 1.29 is 14.3 Å². The van der Waals surface area contributed by atoms with Crippen LogP contribution in [0.5, 0.6) is 0 Å². The van der Waals surface area contributed by atoms with E-state index in [2.05, 4.69) is 15.0 Å². The minimum Gasteiger partial charge on any atom is -0.464 e. The Morgan fingerprint density at radius 2 is 2.04 bits per heavy atom. The van der Waals surface area contributed by atoms with Crippen molar-refractivity contribution in [2.24, 2.45) is 0 Å². The molecule has 126 valence electrons. The highest BCUT2D eigenvalue weighted by atomic mass is 32.1. The third-order valence-corrected chi connectivity index (χ3v) is 5.27. The molecular formula is C16H23N3O3S. The fraction of sp³-hybridized carbons (Fsp3) is 0.688. The molecule has 6 nitrogen and oxygen atoms in total. The number of carbonyl (C=O) groups is 2. The molecule has 2 fully saturated rings. The van der Waals surface area contributed by atoms with Crippen molar-refractivity contribution in [2.75, 3.05) is 7.11 Å². The zero-order valence-corrected chi connectivity index (χ0v) is 14.2. The molecule has 0 atom stereocenters. The van der Waals surface area contributed by atoms with Crippen molar-refractivity contribution in [2.45, 2.75) is 63.6 Å². The van der Waals surface area contributed by atoms with E-state index in [0.29, 0.717) is 24.3 Å². The summed E-state index contributed by atoms with van der Waals surface area (Å²) in [5, 5.41) is 5.63. The highest BCUT2D eigenvalue weighted by molar-refractivity contribution is 7.09. The topological polar surface area (TPSA) is 71.5 Å². The van der Waals surface area contributed by atoms with Gasteiger partial charge in [0.2, 0.25) is 0 Å². The third-order valence-electron chi connectivity index (χ3n) is 4.43. The van der Waals surface area contributed by atoms with Gasteiger partial charge in [-0.15, -0.1) is 11.3 Å². The van der Waals surface area contributed by atoms with Gasteiger partial charge in [-0.25, -0.2) is 14.6 Å². The average Bonchev–Trinajstić information content (AvgIpc) is 3.30. The summed E-state index contributed by atoms with van der Waals surface area (Å²) in [6.45, 7) is 0.463. The van der Waals surface area contributed by atoms with Gasteiger partial charge in [-0.05, 0) is 25.7 Å². The summed E-state index contributed by atoms with van der Waals surface area (Å²) in [4.78, 5) is 30.2. The van der Waals surface area contributed by atoms with Crippen LogP contribution in [0.3, 0.4) is 0 Å². The molecule has 1 aromatic heterocycles. The summed E-state index contributed by atoms with van der Waals surface area (Å²) < 4.78 is 4.67. The number of nitrogens with zero attached hydrogens (tertiary/aromatic N) is 2. The Morgan fingerprint density at radius 3 is 2.70 bits per heavy atom. The number of ether oxygens (including phenoxy) is 1. The lowest BCUT2D eigenvalue weighted by Crippen LogP contribution is -2.46. The first kappa shape index (κ1) is 16.2. The van der Waals surface area contributed by atoms with Gasteiger partial charge in [0.1, 0.15) is 5.01 Å². The van der Waals surface area contributed by atoms with E-state index in [1.165, 1.54) is 37.7 Å². The van der Waals surface area contributed by atoms with Crippen LogP contribution in [0.1, 0.15) is 60.4 Å². The first-order valence-corrected chi connectivity index (χ1v) is 9.15. The Balaban J connectivity index is 1.61. The van der Waals surface area contributed by atoms with Gasteiger partial charge in [0.15, 0.2) is 5.69 Å². The van der Waals surface area contributed by atoms with Gasteiger partial charge in [0.05, 0.1) is 13.7 Å². The van der Waals surface area contributed by atoms with Crippen LogP contribution in [0.25, 0.3) is 0 Å². The molecule has 2 aliphatic rings. The van der Waals surface area contributed by atoms with E-state index in [1.54, 1.807) is 5.38 Å². The Hall–Kier alpha value is -1.63. The second-order valence-corrected chi connectivity index (χ2v) is 7.20. The van der Waals surface area contributed by atoms with E-state index >= 15 is 0 Å². The van der Waals surface area contributed by atoms with Crippen LogP contribution >= 0.6 is 11.3 Å². The highest BCUT2D eigenvalue weighted by Gasteiger charge is 2.34. The largest absolute Gasteiger partial charge is 0.464 e. The molecular weight excluding hydrogens is 314 g/mol. The van der Waals surface area contributed by atoms with Gasteiger partial charge in [0.25, 0.3) is 0 Å². The van der Waals surface area contributed by atoms with Gasteiger partial charge < -0.3 is 15.0 Å². The summed E-state index contributed by atoms with van der Waals surface area (Å²) >= 11 is 1.40. The van der Waals surface area contributed by atoms with Gasteiger partial charge in [-0.2, -0.15) is 0 Å². The van der Waals surface area contributed by atoms with Crippen LogP contribution in [0.4, 0.5) is 4.79 Å². The SMILES string of the molecule is COC(=O)c1csc(CN(C(=O)NC2CCCCC2)C2CC2)n1. The van der Waals surface area contributed by atoms with Crippen molar-refractivity contribution in [3.63, 3.8) is 0 Å². The zero-order chi connectivity index (χ0) is 16.2. The lowest BCUT2D eigenvalue weighted by molar-refractivity contribution is 0.0594. The molecule has 0 bridgehead atoms. The predicted molar refractivity (Wildman–Crippen MR) is 87.4 cm³/mol. The zero-order valence-electron chi connectivity index (χ0n) is 13.4. The Bertz CT molecular complexity index is 565. The number of methoxy groups -OCH3 is 1. The van der Waals surface area contributed by atoms with Crippen LogP contribution < -0.4 is 5.32 Å². The Kier molecular flexibility index (Phi) is 5.15. The van der Waals surface area contributed by atoms with Gasteiger partial charge in [0, 0.05) is 17.5 Å². The van der Waals surface area contributed by atoms with Crippen molar-refractivity contribution in [3.05, 3.63) is 16.1 Å². The predicted octanol–water partition coefficient (Wildman–Crippen LogP) is 2.94. The van der Waals surface area contributed by atoms with Gasteiger partial charge in [-0.3, -0.25) is 0 Å². The Morgan fingerprint density at radius 1 is 1.30 bits per heavy atom. The minimum atomic E-state index is -0.433. The number of amides is 2. The third kappa shape index (κ3) is 4.22. The lowest BCUT2D eigenvalue weighted by Gasteiger charge is -2.28. The maximum Gasteiger partial charge on any atom is 0.357 e. The van der Waals surface area contributed by atoms with Gasteiger partial charge in [-0.1, -0.05) is 19.3 Å². The number of rotatable bonds is 5. The van der Waals surface area contributed by atoms with Crippen LogP contribution in [0, 0.1) is 0 Å². The van der Waals surface area contributed by atoms with E-state index in [9.17, 15) is 9.59 Å². The number of hydrogen-bond acceptors (Lipinski definition) is 5. The summed E-state index contributed by atoms with van der Waals surface area (Å²) in [6.07, 6.45) is 7.92. The number of carbonyl (C=O) groups excluding carboxylic acids is 2. The molecule has 0 radical (unpaired) electrons. The molecule has 2 aliphatic carbocycles. The molecule has 3 rings (SSSR count). The van der Waals surface area contributed by atoms with Crippen LogP contribution in [-0.2, 0) is 11.3 Å². The summed E-state index contributed by atoms with van der Waals surface area (Å²) in [5.74, 6) is -0.433. The van der Waals surface area contributed by atoms with Crippen molar-refractivity contribution in [1.82, 2.24) is 15.2 Å². The monoisotopic (exact) mass is 337 g/mol. The molecule has 1 heterocycles. The molecule has 0 aliphatic heterocycles. The molecule has 1 N–H and O–H groups in total. The maximum absolute atomic E-state index is 12.6. The summed E-state index contributed by atoms with van der Waals surface area (Å²) in [5.41, 5.74) is 0.316. The first-order valence-electron chi connectivity index (χ1n) is 8.27. The van der Waals surface area contributed by atoms with E-state index in [-0.39, 0.29) is 6.03 Å². The number of thiazole rings is 1. The smallest absolute Gasteiger partial charge is 0.357 e. The Labute approximate surface area is 140 Å². The molecule has 23 heavy (non-hydrogen) atoms. The van der Waals surface area contributed by atoms with Crippen molar-refractivity contribution in [3.8, 4) is 0 Å². The molecule has 0 spiro atoms. The fourth-order valence-electron chi connectivity index (χ4n) is 2.98. The number of aromatic nitrogens is 1. The molecule has 0 unspecified atom stereocenters. The number of esters is 1. The number of urea groups is 1. The van der Waals surface area contributed by atoms with E-state index in [1.807, 2.05) is 4.90 Å². The van der Waals surface area contributed by atoms with Crippen LogP contribution in [-0.4, -0.2) is 41.1 Å². The van der Waals surface area contributed by atoms with Crippen molar-refractivity contribution in [1.29, 1.82) is 0 Å². The number of hydrogen-bond donors (Lipinski definition) is 1. The lowest BCUT2D eigenvalue weighted by atomic mass is 9.96. The second kappa shape index (κ2) is 7.29. The quantitative estimate of drug-likeness (QED) is 0.839.